The van der Waals surface area contributed by atoms with Gasteiger partial charge in [0.15, 0.2) is 17.9 Å². The molecule has 4 heterocycles. The molecular formula is C69H106N14O30S3. The maximum absolute atomic E-state index is 13.9. The van der Waals surface area contributed by atoms with Gasteiger partial charge in [0.2, 0.25) is 29.1 Å². The Morgan fingerprint density at radius 3 is 1.74 bits per heavy atom. The predicted molar refractivity (Wildman–Crippen MR) is 416 cm³/mol. The number of aromatic nitrogens is 3. The summed E-state index contributed by atoms with van der Waals surface area (Å²) in [7, 11) is -12.0. The lowest BCUT2D eigenvalue weighted by Crippen LogP contribution is -2.60. The van der Waals surface area contributed by atoms with E-state index in [1.807, 2.05) is 4.72 Å². The molecule has 2 aliphatic heterocycles. The molecule has 4 aromatic rings. The van der Waals surface area contributed by atoms with E-state index in [0.29, 0.717) is 50.2 Å². The van der Waals surface area contributed by atoms with Gasteiger partial charge in [0.25, 0.3) is 15.9 Å². The highest BCUT2D eigenvalue weighted by Gasteiger charge is 2.53. The van der Waals surface area contributed by atoms with Gasteiger partial charge in [0, 0.05) is 142 Å². The molecule has 2 aromatic heterocycles. The number of anilines is 1. The Kier molecular flexibility index (Phi) is 39.4. The number of aliphatic carboxylic acids is 4. The molecule has 5 amide bonds. The van der Waals surface area contributed by atoms with E-state index in [9.17, 15) is 114 Å². The van der Waals surface area contributed by atoms with Crippen LogP contribution in [0.5, 0.6) is 5.75 Å². The van der Waals surface area contributed by atoms with E-state index < -0.39 is 158 Å². The number of nitrogens with zero attached hydrogens (tertiary/aromatic N) is 6. The van der Waals surface area contributed by atoms with E-state index in [2.05, 4.69) is 41.9 Å². The number of amides is 5. The molecule has 2 aromatic carbocycles. The molecule has 650 valence electrons. The van der Waals surface area contributed by atoms with Crippen molar-refractivity contribution in [1.29, 1.82) is 0 Å². The third kappa shape index (κ3) is 33.7. The van der Waals surface area contributed by atoms with Crippen LogP contribution in [0.2, 0.25) is 0 Å². The van der Waals surface area contributed by atoms with Crippen molar-refractivity contribution >= 4 is 102 Å². The molecule has 0 bridgehead atoms. The van der Waals surface area contributed by atoms with E-state index in [-0.39, 0.29) is 176 Å². The van der Waals surface area contributed by atoms with Crippen molar-refractivity contribution in [1.82, 2.24) is 65.4 Å². The number of hydrogen-bond donors (Lipinski definition) is 20. The van der Waals surface area contributed by atoms with Crippen molar-refractivity contribution in [3.8, 4) is 5.75 Å². The summed E-state index contributed by atoms with van der Waals surface area (Å²) in [6, 6.07) is 6.56. The lowest BCUT2D eigenvalue weighted by molar-refractivity contribution is -0.258. The smallest absolute Gasteiger partial charge is 0.354 e. The molecule has 0 saturated carbocycles. The molecule has 2 aliphatic rings. The number of carbonyl (C=O) groups is 9. The molecule has 20 N–H and O–H groups in total. The van der Waals surface area contributed by atoms with Gasteiger partial charge in [0.1, 0.15) is 40.9 Å². The fourth-order valence-electron chi connectivity index (χ4n) is 12.3. The number of rotatable bonds is 48. The fraction of sp³-hybridized carbons (Fsp3) is 0.580. The number of fused-ring (bicyclic) bond motifs is 1. The quantitative estimate of drug-likeness (QED) is 0.0176. The SMILES string of the molecule is Cc1cc(OCCCC(=O)NCCCOCCOCCOCCCNC(=O)[C@@H](CCC(=O)NCCOC2OC(CS(O)(O)O)C(O)C(S(O)(O)O)C2O)NC(=O)CN2CCN(CC(=O)O)CCN(CC(=O)O)CCN(CC(=O)O)CC2)cc(C)c1S(=O)(=O)NC(=CNC(=O)c1cn(C)c2cc(CNc3ncc[nH]3)ccc2c1=O)C(=O)O. The highest BCUT2D eigenvalue weighted by molar-refractivity contribution is 8.20. The topological polar surface area (TPSA) is 634 Å². The number of pyridine rings is 1. The number of aliphatic hydroxyl groups excluding tert-OH is 2. The van der Waals surface area contributed by atoms with Crippen LogP contribution < -0.4 is 46.8 Å². The van der Waals surface area contributed by atoms with Crippen LogP contribution >= 0.6 is 21.7 Å². The minimum atomic E-state index is -4.73. The van der Waals surface area contributed by atoms with E-state index in [0.717, 1.165) is 5.56 Å². The number of imidazole rings is 1. The Morgan fingerprint density at radius 1 is 0.664 bits per heavy atom. The molecule has 5 unspecified atom stereocenters. The zero-order chi connectivity index (χ0) is 85.3. The monoisotopic (exact) mass is 1710 g/mol. The first kappa shape index (κ1) is 96.0. The van der Waals surface area contributed by atoms with Crippen molar-refractivity contribution in [2.24, 2.45) is 7.05 Å². The van der Waals surface area contributed by atoms with Crippen LogP contribution in [0.3, 0.4) is 0 Å². The lowest BCUT2D eigenvalue weighted by Gasteiger charge is -2.47. The van der Waals surface area contributed by atoms with Gasteiger partial charge in [-0.2, -0.15) is 0 Å². The summed E-state index contributed by atoms with van der Waals surface area (Å²) in [5.41, 5.74) is -0.148. The van der Waals surface area contributed by atoms with Crippen molar-refractivity contribution in [3.05, 3.63) is 93.3 Å². The number of nitrogens with one attached hydrogen (secondary N) is 8. The molecule has 0 aliphatic carbocycles. The highest BCUT2D eigenvalue weighted by atomic mass is 32.3. The summed E-state index contributed by atoms with van der Waals surface area (Å²) < 4.78 is 123. The van der Waals surface area contributed by atoms with Crippen LogP contribution in [0.1, 0.15) is 65.6 Å². The molecule has 0 spiro atoms. The standard InChI is InChI=1S/C69H106N14O30S3/c1-44-33-47(34-45(2)63(44)115(103,104)78-51(67(98)99)37-75-65(96)49-38-79(3)52-35-46(8-9-48(52)60(49)93)36-76-69-73-14-15-74-69)111-27-4-7-54(84)70-12-5-25-108-29-31-110-32-30-109-26-6-13-72-66(97)50(10-11-55(85)71-16-28-112-68-62(95)64(116(105,106)107)61(94)53(113-68)43-114(100,101)102)77-56(86)39-80-17-19-81(40-57(87)88)21-23-83(42-59(91)92)24-22-82(20-18-80)41-58(89)90/h8-9,14-15,33-35,37-38,50,53,61-62,64,68,78,94-95,100-102,105-107H,4-7,10-13,16-32,36,39-43H2,1-3H3,(H,70,84)(H,71,85)(H,72,97)(H,75,96)(H,77,86)(H,87,88)(H,89,90)(H,91,92)(H,98,99)(H2,73,74,76)/t50-,53?,61?,62?,64?,68?/m1/s1. The maximum atomic E-state index is 13.9. The van der Waals surface area contributed by atoms with Crippen molar-refractivity contribution in [2.45, 2.75) is 99.7 Å². The molecule has 2 saturated heterocycles. The van der Waals surface area contributed by atoms with Crippen molar-refractivity contribution in [3.63, 3.8) is 0 Å². The van der Waals surface area contributed by atoms with Gasteiger partial charge in [-0.1, -0.05) is 6.07 Å². The number of ether oxygens (including phenoxy) is 6. The average Bonchev–Trinajstić information content (AvgIpc) is 0.800. The van der Waals surface area contributed by atoms with Crippen molar-refractivity contribution < 1.29 is 138 Å². The molecule has 0 radical (unpaired) electrons. The summed E-state index contributed by atoms with van der Waals surface area (Å²) in [5, 5.41) is 74.1. The maximum Gasteiger partial charge on any atom is 0.354 e. The Balaban J connectivity index is 0.881. The van der Waals surface area contributed by atoms with Gasteiger partial charge in [0.05, 0.1) is 104 Å². The van der Waals surface area contributed by atoms with Crippen LogP contribution in [-0.2, 0) is 85.7 Å². The first-order valence-corrected chi connectivity index (χ1v) is 41.5. The number of carboxylic acid groups (broad SMARTS) is 4. The Labute approximate surface area is 670 Å². The van der Waals surface area contributed by atoms with Crippen LogP contribution in [-0.4, -0.2) is 347 Å². The highest BCUT2D eigenvalue weighted by Crippen LogP contribution is 2.49. The predicted octanol–water partition coefficient (Wildman–Crippen LogP) is -1.52. The largest absolute Gasteiger partial charge is 0.494 e. The van der Waals surface area contributed by atoms with Gasteiger partial charge in [-0.25, -0.2) is 18.2 Å². The Morgan fingerprint density at radius 2 is 1.21 bits per heavy atom. The number of carboxylic acids is 4. The number of H-pyrrole nitrogens is 1. The number of aliphatic hydroxyl groups is 2. The third-order valence-electron chi connectivity index (χ3n) is 17.9. The molecule has 116 heavy (non-hydrogen) atoms. The zero-order valence-electron chi connectivity index (χ0n) is 64.2. The minimum absolute atomic E-state index is 0.0435. The van der Waals surface area contributed by atoms with E-state index in [1.165, 1.54) is 32.2 Å². The van der Waals surface area contributed by atoms with Crippen LogP contribution in [0.25, 0.3) is 10.9 Å². The number of benzene rings is 2. The van der Waals surface area contributed by atoms with Gasteiger partial charge >= 0.3 is 23.9 Å². The Hall–Kier alpha value is -8.80. The molecule has 6 rings (SSSR count). The zero-order valence-corrected chi connectivity index (χ0v) is 66.7. The van der Waals surface area contributed by atoms with Gasteiger partial charge in [-0.05, 0) is 80.5 Å². The number of aryl methyl sites for hydroxylation is 3. The van der Waals surface area contributed by atoms with Crippen LogP contribution in [0.4, 0.5) is 5.95 Å². The molecule has 6 atom stereocenters. The molecule has 47 heteroatoms. The second kappa shape index (κ2) is 47.6. The minimum Gasteiger partial charge on any atom is -0.494 e. The van der Waals surface area contributed by atoms with Gasteiger partial charge in [-0.15, -0.1) is 0 Å². The second-order valence-corrected chi connectivity index (χ2v) is 32.0. The fourth-order valence-corrected chi connectivity index (χ4v) is 15.5. The van der Waals surface area contributed by atoms with Gasteiger partial charge in [-0.3, -0.25) is 67.5 Å². The van der Waals surface area contributed by atoms with E-state index in [4.69, 9.17) is 28.4 Å². The van der Waals surface area contributed by atoms with Crippen LogP contribution in [0.15, 0.2) is 70.5 Å². The summed E-state index contributed by atoms with van der Waals surface area (Å²) in [6.07, 6.45) is -2.22. The normalized spacial score (nSPS) is 18.5. The first-order chi connectivity index (χ1) is 54.9. The lowest BCUT2D eigenvalue weighted by atomic mass is 10.0. The first-order valence-electron chi connectivity index (χ1n) is 36.7. The molecular weight excluding hydrogens is 1600 g/mol. The summed E-state index contributed by atoms with van der Waals surface area (Å²) >= 11 is 0. The van der Waals surface area contributed by atoms with E-state index >= 15 is 0 Å². The Bertz CT molecular complexity index is 4080. The van der Waals surface area contributed by atoms with Crippen molar-refractivity contribution in [2.75, 3.05) is 162 Å². The summed E-state index contributed by atoms with van der Waals surface area (Å²) in [6.45, 7) is 3.49. The molecule has 44 nitrogen and oxygen atoms in total. The van der Waals surface area contributed by atoms with Gasteiger partial charge < -0.3 is 128 Å². The number of carbonyl (C=O) groups excluding carboxylic acids is 5. The van der Waals surface area contributed by atoms with Crippen LogP contribution in [0, 0.1) is 13.8 Å². The summed E-state index contributed by atoms with van der Waals surface area (Å²) in [5.74, 6) is -8.74. The summed E-state index contributed by atoms with van der Waals surface area (Å²) in [4.78, 5) is 141. The van der Waals surface area contributed by atoms with E-state index in [1.54, 1.807) is 61.8 Å². The molecule has 2 fully saturated rings. The second-order valence-electron chi connectivity index (χ2n) is 27.1. The number of aromatic amines is 1. The third-order valence-corrected chi connectivity index (χ3v) is 21.6. The average molecular weight is 1710 g/mol. The number of hydrogen-bond acceptors (Lipinski definition) is 32. The number of sulfonamides is 1.